The molecule has 0 saturated carbocycles. The van der Waals surface area contributed by atoms with Crippen LogP contribution in [0.5, 0.6) is 0 Å². The van der Waals surface area contributed by atoms with Gasteiger partial charge in [-0.15, -0.1) is 0 Å². The summed E-state index contributed by atoms with van der Waals surface area (Å²) in [6.07, 6.45) is -0.0134. The average molecular weight is 394 g/mol. The van der Waals surface area contributed by atoms with Gasteiger partial charge in [0, 0.05) is 36.3 Å². The Morgan fingerprint density at radius 1 is 1.14 bits per heavy atom. The molecule has 3 nitrogen and oxygen atoms in total. The summed E-state index contributed by atoms with van der Waals surface area (Å²) in [4.78, 5) is 4.54. The van der Waals surface area contributed by atoms with E-state index in [1.54, 1.807) is 43.8 Å². The Morgan fingerprint density at radius 3 is 2.59 bits per heavy atom. The Hall–Kier alpha value is -2.68. The number of benzene rings is 1. The lowest BCUT2D eigenvalue weighted by Crippen LogP contribution is -2.32. The van der Waals surface area contributed by atoms with E-state index in [9.17, 15) is 0 Å². The molecule has 0 spiro atoms. The molecule has 3 aromatic heterocycles. The van der Waals surface area contributed by atoms with Gasteiger partial charge in [0.15, 0.2) is 11.8 Å². The quantitative estimate of drug-likeness (QED) is 0.375. The Kier molecular flexibility index (Phi) is 3.40. The molecule has 4 aromatic rings. The van der Waals surface area contributed by atoms with Crippen molar-refractivity contribution in [3.8, 4) is 11.3 Å². The first-order valence-corrected chi connectivity index (χ1v) is 9.92. The lowest BCUT2D eigenvalue weighted by Gasteiger charge is -2.12. The van der Waals surface area contributed by atoms with Crippen molar-refractivity contribution in [1.82, 2.24) is 4.98 Å². The molecule has 0 aliphatic heterocycles. The predicted molar refractivity (Wildman–Crippen MR) is 120 cm³/mol. The molecule has 0 saturated heterocycles. The van der Waals surface area contributed by atoms with E-state index in [2.05, 4.69) is 4.98 Å². The van der Waals surface area contributed by atoms with Crippen molar-refractivity contribution in [1.29, 1.82) is 0 Å². The number of pyridine rings is 2. The molecule has 0 amide bonds. The van der Waals surface area contributed by atoms with Crippen LogP contribution in [0, 0.1) is 19.7 Å². The molecule has 3 heterocycles. The SMILES string of the molecule is [2H]C([2H])([2H])c1c[n+](C)c(-c2c(C)ccc3c2oc2nc(C([2H])([2H])C(C)C)ccc23)cc1C([2H])(C)C. The van der Waals surface area contributed by atoms with Crippen LogP contribution in [0.4, 0.5) is 0 Å². The van der Waals surface area contributed by atoms with Crippen molar-refractivity contribution in [2.24, 2.45) is 13.0 Å². The van der Waals surface area contributed by atoms with Crippen LogP contribution >= 0.6 is 0 Å². The number of fused-ring (bicyclic) bond motifs is 3. The molecule has 0 aliphatic rings. The van der Waals surface area contributed by atoms with Gasteiger partial charge >= 0.3 is 0 Å². The monoisotopic (exact) mass is 393 g/mol. The van der Waals surface area contributed by atoms with Crippen molar-refractivity contribution >= 4 is 22.1 Å². The Morgan fingerprint density at radius 2 is 1.90 bits per heavy atom. The minimum atomic E-state index is -2.35. The number of aryl methyl sites for hydroxylation is 3. The predicted octanol–water partition coefficient (Wildman–Crippen LogP) is 6.41. The van der Waals surface area contributed by atoms with Crippen LogP contribution in [0.1, 0.15) is 64.2 Å². The van der Waals surface area contributed by atoms with Crippen LogP contribution in [0.3, 0.4) is 0 Å². The standard InChI is InChI=1S/C26H31N2O/c1-15(2)12-19-9-11-21-20-10-8-17(5)24(25(20)29-26(21)27-19)23-13-22(16(3)4)18(6)14-28(23)7/h8-11,13-16H,12H2,1-7H3/q+1/i6D3,12D2,16D. The van der Waals surface area contributed by atoms with Gasteiger partial charge in [-0.1, -0.05) is 39.8 Å². The van der Waals surface area contributed by atoms with Crippen molar-refractivity contribution in [2.45, 2.75) is 53.7 Å². The zero-order valence-electron chi connectivity index (χ0n) is 23.8. The van der Waals surface area contributed by atoms with Gasteiger partial charge in [0.25, 0.3) is 0 Å². The van der Waals surface area contributed by atoms with Gasteiger partial charge in [0.1, 0.15) is 7.05 Å². The van der Waals surface area contributed by atoms with E-state index in [1.165, 1.54) is 0 Å². The number of hydrogen-bond acceptors (Lipinski definition) is 2. The molecule has 0 N–H and O–H groups in total. The molecule has 0 atom stereocenters. The average Bonchev–Trinajstić information content (AvgIpc) is 3.10. The lowest BCUT2D eigenvalue weighted by molar-refractivity contribution is -0.660. The second-order valence-corrected chi connectivity index (χ2v) is 8.18. The fourth-order valence-electron chi connectivity index (χ4n) is 3.82. The highest BCUT2D eigenvalue weighted by Crippen LogP contribution is 2.37. The van der Waals surface area contributed by atoms with Crippen LogP contribution in [0.25, 0.3) is 33.3 Å². The van der Waals surface area contributed by atoms with Gasteiger partial charge in [0.2, 0.25) is 11.4 Å². The molecule has 150 valence electrons. The highest BCUT2D eigenvalue weighted by molar-refractivity contribution is 6.08. The Balaban J connectivity index is 2.04. The van der Waals surface area contributed by atoms with Crippen LogP contribution in [-0.2, 0) is 13.4 Å². The number of nitrogens with zero attached hydrogens (tertiary/aromatic N) is 2. The van der Waals surface area contributed by atoms with Gasteiger partial charge in [-0.2, -0.15) is 0 Å². The highest BCUT2D eigenvalue weighted by Gasteiger charge is 2.23. The molecule has 1 aromatic carbocycles. The van der Waals surface area contributed by atoms with E-state index >= 15 is 0 Å². The highest BCUT2D eigenvalue weighted by atomic mass is 16.3. The van der Waals surface area contributed by atoms with Crippen molar-refractivity contribution in [2.75, 3.05) is 0 Å². The van der Waals surface area contributed by atoms with Crippen LogP contribution < -0.4 is 4.57 Å². The molecule has 4 rings (SSSR count). The number of rotatable bonds is 4. The fourth-order valence-corrected chi connectivity index (χ4v) is 3.82. The minimum absolute atomic E-state index is 0.153. The van der Waals surface area contributed by atoms with Gasteiger partial charge < -0.3 is 4.42 Å². The molecule has 0 aliphatic carbocycles. The van der Waals surface area contributed by atoms with E-state index in [4.69, 9.17) is 12.6 Å². The van der Waals surface area contributed by atoms with Gasteiger partial charge in [0.05, 0.1) is 5.56 Å². The maximum absolute atomic E-state index is 8.62. The normalized spacial score (nSPS) is 16.4. The maximum Gasteiger partial charge on any atom is 0.227 e. The van der Waals surface area contributed by atoms with Gasteiger partial charge in [-0.05, 0) is 55.2 Å². The molecule has 0 radical (unpaired) electrons. The first-order chi connectivity index (χ1) is 16.0. The third kappa shape index (κ3) is 3.43. The summed E-state index contributed by atoms with van der Waals surface area (Å²) in [6.45, 7) is 6.62. The molecule has 0 bridgehead atoms. The smallest absolute Gasteiger partial charge is 0.227 e. The Labute approximate surface area is 181 Å². The second-order valence-electron chi connectivity index (χ2n) is 8.18. The summed E-state index contributed by atoms with van der Waals surface area (Å²) in [6, 6.07) is 9.28. The van der Waals surface area contributed by atoms with Crippen molar-refractivity contribution in [3.63, 3.8) is 0 Å². The van der Waals surface area contributed by atoms with E-state index in [-0.39, 0.29) is 11.5 Å². The first kappa shape index (κ1) is 13.5. The topological polar surface area (TPSA) is 29.9 Å². The molecule has 0 unspecified atom stereocenters. The summed E-state index contributed by atoms with van der Waals surface area (Å²) in [5.74, 6) is -1.38. The fraction of sp³-hybridized carbons (Fsp3) is 0.385. The zero-order valence-corrected chi connectivity index (χ0v) is 17.8. The van der Waals surface area contributed by atoms with Crippen LogP contribution in [-0.4, -0.2) is 4.98 Å². The van der Waals surface area contributed by atoms with Crippen LogP contribution in [0.15, 0.2) is 40.9 Å². The third-order valence-electron chi connectivity index (χ3n) is 5.22. The second kappa shape index (κ2) is 7.29. The largest absolute Gasteiger partial charge is 0.437 e. The summed E-state index contributed by atoms with van der Waals surface area (Å²) in [7, 11) is 1.79. The maximum atomic E-state index is 8.62. The Bertz CT molecular complexity index is 1440. The molecule has 29 heavy (non-hydrogen) atoms. The zero-order chi connectivity index (χ0) is 26.1. The molecule has 0 fully saturated rings. The van der Waals surface area contributed by atoms with E-state index in [1.807, 2.05) is 39.0 Å². The summed E-state index contributed by atoms with van der Waals surface area (Å²) in [5, 5.41) is 1.63. The molecular weight excluding hydrogens is 356 g/mol. The summed E-state index contributed by atoms with van der Waals surface area (Å²) < 4.78 is 57.5. The van der Waals surface area contributed by atoms with Crippen LogP contribution in [0.2, 0.25) is 0 Å². The van der Waals surface area contributed by atoms with Crippen molar-refractivity contribution in [3.05, 3.63) is 58.9 Å². The number of hydrogen-bond donors (Lipinski definition) is 0. The van der Waals surface area contributed by atoms with E-state index in [0.717, 1.165) is 27.6 Å². The number of furan rings is 1. The summed E-state index contributed by atoms with van der Waals surface area (Å²) in [5.41, 5.74) is 4.32. The number of aromatic nitrogens is 2. The minimum Gasteiger partial charge on any atom is -0.437 e. The molecular formula is C26H31N2O+. The van der Waals surface area contributed by atoms with E-state index in [0.29, 0.717) is 22.6 Å². The van der Waals surface area contributed by atoms with Crippen molar-refractivity contribution < 1.29 is 17.2 Å². The summed E-state index contributed by atoms with van der Waals surface area (Å²) >= 11 is 0. The third-order valence-corrected chi connectivity index (χ3v) is 5.22. The first-order valence-electron chi connectivity index (χ1n) is 12.9. The lowest BCUT2D eigenvalue weighted by atomic mass is 9.94. The van der Waals surface area contributed by atoms with E-state index < -0.39 is 19.1 Å². The van der Waals surface area contributed by atoms with Gasteiger partial charge in [-0.3, -0.25) is 0 Å². The molecule has 3 heteroatoms. The van der Waals surface area contributed by atoms with Gasteiger partial charge in [-0.25, -0.2) is 9.55 Å².